The van der Waals surface area contributed by atoms with E-state index in [9.17, 15) is 4.39 Å². The highest BCUT2D eigenvalue weighted by molar-refractivity contribution is 5.63. The van der Waals surface area contributed by atoms with Gasteiger partial charge in [-0.25, -0.2) is 4.39 Å². The molecule has 2 N–H and O–H groups in total. The zero-order valence-corrected chi connectivity index (χ0v) is 8.24. The van der Waals surface area contributed by atoms with Crippen molar-refractivity contribution in [3.05, 3.63) is 42.1 Å². The molecule has 0 aliphatic carbocycles. The molecule has 0 aromatic carbocycles. The lowest BCUT2D eigenvalue weighted by atomic mass is 10.1. The lowest BCUT2D eigenvalue weighted by molar-refractivity contribution is 0.622. The van der Waals surface area contributed by atoms with Crippen molar-refractivity contribution in [1.29, 1.82) is 0 Å². The van der Waals surface area contributed by atoms with E-state index in [0.29, 0.717) is 16.9 Å². The number of aryl methyl sites for hydroxylation is 1. The van der Waals surface area contributed by atoms with Gasteiger partial charge in [0.25, 0.3) is 0 Å². The number of nitrogens with zero attached hydrogens (tertiary/aromatic N) is 2. The highest BCUT2D eigenvalue weighted by atomic mass is 19.1. The maximum atomic E-state index is 12.9. The molecule has 0 fully saturated rings. The van der Waals surface area contributed by atoms with Gasteiger partial charge < -0.3 is 5.73 Å². The minimum absolute atomic E-state index is 0.370. The van der Waals surface area contributed by atoms with E-state index >= 15 is 0 Å². The van der Waals surface area contributed by atoms with Gasteiger partial charge in [0.05, 0.1) is 23.8 Å². The van der Waals surface area contributed by atoms with Gasteiger partial charge in [-0.3, -0.25) is 9.97 Å². The molecule has 0 bridgehead atoms. The molecule has 0 saturated carbocycles. The molecule has 0 radical (unpaired) electrons. The molecule has 0 aliphatic rings. The molecular formula is C11H10FN3. The number of rotatable bonds is 1. The van der Waals surface area contributed by atoms with Crippen molar-refractivity contribution < 1.29 is 4.39 Å². The third kappa shape index (κ3) is 1.93. The molecule has 3 nitrogen and oxygen atoms in total. The van der Waals surface area contributed by atoms with Gasteiger partial charge in [-0.1, -0.05) is 0 Å². The van der Waals surface area contributed by atoms with Crippen LogP contribution in [0.15, 0.2) is 30.7 Å². The fourth-order valence-corrected chi connectivity index (χ4v) is 1.44. The lowest BCUT2D eigenvalue weighted by Gasteiger charge is -2.05. The van der Waals surface area contributed by atoms with Crippen molar-refractivity contribution in [2.75, 3.05) is 5.73 Å². The van der Waals surface area contributed by atoms with Crippen LogP contribution in [-0.4, -0.2) is 9.97 Å². The van der Waals surface area contributed by atoms with Crippen molar-refractivity contribution >= 4 is 5.69 Å². The Morgan fingerprint density at radius 3 is 2.67 bits per heavy atom. The molecular weight excluding hydrogens is 193 g/mol. The van der Waals surface area contributed by atoms with Crippen LogP contribution in [0.2, 0.25) is 0 Å². The summed E-state index contributed by atoms with van der Waals surface area (Å²) in [5, 5.41) is 0. The molecule has 2 rings (SSSR count). The van der Waals surface area contributed by atoms with E-state index in [2.05, 4.69) is 9.97 Å². The summed E-state index contributed by atoms with van der Waals surface area (Å²) in [4.78, 5) is 7.94. The minimum atomic E-state index is -0.370. The first kappa shape index (κ1) is 9.58. The highest BCUT2D eigenvalue weighted by Crippen LogP contribution is 2.21. The van der Waals surface area contributed by atoms with Crippen molar-refractivity contribution in [2.24, 2.45) is 0 Å². The smallest absolute Gasteiger partial charge is 0.142 e. The molecule has 2 aromatic heterocycles. The quantitative estimate of drug-likeness (QED) is 0.772. The Balaban J connectivity index is 2.54. The number of halogens is 1. The van der Waals surface area contributed by atoms with E-state index in [0.717, 1.165) is 11.8 Å². The molecule has 0 spiro atoms. The molecule has 0 unspecified atom stereocenters. The molecule has 76 valence electrons. The molecule has 15 heavy (non-hydrogen) atoms. The minimum Gasteiger partial charge on any atom is -0.397 e. The Morgan fingerprint density at radius 1 is 1.20 bits per heavy atom. The van der Waals surface area contributed by atoms with Crippen molar-refractivity contribution in [1.82, 2.24) is 9.97 Å². The predicted octanol–water partition coefficient (Wildman–Crippen LogP) is 2.17. The second kappa shape index (κ2) is 3.65. The maximum absolute atomic E-state index is 12.9. The van der Waals surface area contributed by atoms with E-state index in [1.54, 1.807) is 18.5 Å². The first-order valence-corrected chi connectivity index (χ1v) is 4.50. The molecule has 2 heterocycles. The Bertz CT molecular complexity index is 497. The Hall–Kier alpha value is -1.97. The number of anilines is 1. The summed E-state index contributed by atoms with van der Waals surface area (Å²) >= 11 is 0. The summed E-state index contributed by atoms with van der Waals surface area (Å²) in [5.41, 5.74) is 8.45. The van der Waals surface area contributed by atoms with Crippen LogP contribution in [0.25, 0.3) is 11.3 Å². The summed E-state index contributed by atoms with van der Waals surface area (Å²) < 4.78 is 12.9. The van der Waals surface area contributed by atoms with Gasteiger partial charge in [-0.05, 0) is 24.6 Å². The zero-order valence-electron chi connectivity index (χ0n) is 8.24. The lowest BCUT2D eigenvalue weighted by Crippen LogP contribution is -1.93. The first-order chi connectivity index (χ1) is 7.16. The molecule has 0 aliphatic heterocycles. The fourth-order valence-electron chi connectivity index (χ4n) is 1.44. The number of hydrogen-bond acceptors (Lipinski definition) is 3. The fraction of sp³-hybridized carbons (Fsp3) is 0.0909. The molecule has 0 saturated heterocycles. The normalized spacial score (nSPS) is 10.3. The molecule has 0 atom stereocenters. The van der Waals surface area contributed by atoms with Crippen LogP contribution in [0, 0.1) is 12.7 Å². The highest BCUT2D eigenvalue weighted by Gasteiger charge is 2.05. The van der Waals surface area contributed by atoms with Gasteiger partial charge in [0, 0.05) is 11.8 Å². The Kier molecular flexibility index (Phi) is 2.33. The van der Waals surface area contributed by atoms with Crippen LogP contribution >= 0.6 is 0 Å². The van der Waals surface area contributed by atoms with Crippen LogP contribution in [-0.2, 0) is 0 Å². The van der Waals surface area contributed by atoms with Crippen LogP contribution in [0.3, 0.4) is 0 Å². The van der Waals surface area contributed by atoms with E-state index in [-0.39, 0.29) is 5.82 Å². The standard InChI is InChI=1S/C11H10FN3/c1-7-2-10(13)6-15-11(7)8-3-9(12)5-14-4-8/h2-6H,13H2,1H3. The van der Waals surface area contributed by atoms with Gasteiger partial charge in [0.1, 0.15) is 5.82 Å². The van der Waals surface area contributed by atoms with Gasteiger partial charge in [-0.15, -0.1) is 0 Å². The average molecular weight is 203 g/mol. The number of nitrogens with two attached hydrogens (primary N) is 1. The molecule has 4 heteroatoms. The molecule has 2 aromatic rings. The van der Waals surface area contributed by atoms with Crippen molar-refractivity contribution in [2.45, 2.75) is 6.92 Å². The average Bonchev–Trinajstić information content (AvgIpc) is 2.17. The molecule has 0 amide bonds. The van der Waals surface area contributed by atoms with E-state index < -0.39 is 0 Å². The predicted molar refractivity (Wildman–Crippen MR) is 56.6 cm³/mol. The van der Waals surface area contributed by atoms with Gasteiger partial charge in [0.2, 0.25) is 0 Å². The SMILES string of the molecule is Cc1cc(N)cnc1-c1cncc(F)c1. The van der Waals surface area contributed by atoms with Gasteiger partial charge in [0.15, 0.2) is 0 Å². The topological polar surface area (TPSA) is 51.8 Å². The summed E-state index contributed by atoms with van der Waals surface area (Å²) in [7, 11) is 0. The summed E-state index contributed by atoms with van der Waals surface area (Å²) in [6.45, 7) is 1.88. The Labute approximate surface area is 86.8 Å². The first-order valence-electron chi connectivity index (χ1n) is 4.50. The van der Waals surface area contributed by atoms with Crippen LogP contribution in [0.5, 0.6) is 0 Å². The maximum Gasteiger partial charge on any atom is 0.142 e. The third-order valence-electron chi connectivity index (χ3n) is 2.08. The second-order valence-electron chi connectivity index (χ2n) is 3.33. The summed E-state index contributed by atoms with van der Waals surface area (Å²) in [5.74, 6) is -0.370. The number of aromatic nitrogens is 2. The van der Waals surface area contributed by atoms with Crippen LogP contribution < -0.4 is 5.73 Å². The third-order valence-corrected chi connectivity index (χ3v) is 2.08. The number of hydrogen-bond donors (Lipinski definition) is 1. The van der Waals surface area contributed by atoms with E-state index in [1.807, 2.05) is 6.92 Å². The van der Waals surface area contributed by atoms with Gasteiger partial charge >= 0.3 is 0 Å². The Morgan fingerprint density at radius 2 is 2.00 bits per heavy atom. The zero-order chi connectivity index (χ0) is 10.8. The number of nitrogen functional groups attached to an aromatic ring is 1. The monoisotopic (exact) mass is 203 g/mol. The van der Waals surface area contributed by atoms with Gasteiger partial charge in [-0.2, -0.15) is 0 Å². The summed E-state index contributed by atoms with van der Waals surface area (Å²) in [6, 6.07) is 3.20. The van der Waals surface area contributed by atoms with Crippen molar-refractivity contribution in [3.8, 4) is 11.3 Å². The van der Waals surface area contributed by atoms with Crippen molar-refractivity contribution in [3.63, 3.8) is 0 Å². The number of pyridine rings is 2. The second-order valence-corrected chi connectivity index (χ2v) is 3.33. The van der Waals surface area contributed by atoms with Crippen LogP contribution in [0.4, 0.5) is 10.1 Å². The van der Waals surface area contributed by atoms with Crippen LogP contribution in [0.1, 0.15) is 5.56 Å². The van der Waals surface area contributed by atoms with E-state index in [4.69, 9.17) is 5.73 Å². The largest absolute Gasteiger partial charge is 0.397 e. The summed E-state index contributed by atoms with van der Waals surface area (Å²) in [6.07, 6.45) is 4.29. The van der Waals surface area contributed by atoms with E-state index in [1.165, 1.54) is 6.07 Å².